The van der Waals surface area contributed by atoms with Gasteiger partial charge in [-0.1, -0.05) is 30.3 Å². The van der Waals surface area contributed by atoms with E-state index in [-0.39, 0.29) is 17.8 Å². The number of ether oxygens (including phenoxy) is 1. The second-order valence-electron chi connectivity index (χ2n) is 5.22. The molecule has 0 saturated carbocycles. The second kappa shape index (κ2) is 8.17. The molecular weight excluding hydrogens is 281 g/mol. The Labute approximate surface area is 130 Å². The van der Waals surface area contributed by atoms with Gasteiger partial charge in [0.2, 0.25) is 5.91 Å². The van der Waals surface area contributed by atoms with Crippen molar-refractivity contribution in [2.24, 2.45) is 0 Å². The SMILES string of the molecule is C[C@@H](COc1ccccc1)NC(=O)CCc1ccc(F)cc1. The lowest BCUT2D eigenvalue weighted by Gasteiger charge is -2.15. The summed E-state index contributed by atoms with van der Waals surface area (Å²) in [5.74, 6) is 0.489. The molecule has 3 nitrogen and oxygen atoms in total. The number of hydrogen-bond acceptors (Lipinski definition) is 2. The van der Waals surface area contributed by atoms with Crippen LogP contribution in [0.4, 0.5) is 4.39 Å². The van der Waals surface area contributed by atoms with Crippen LogP contribution in [0.1, 0.15) is 18.9 Å². The van der Waals surface area contributed by atoms with Crippen molar-refractivity contribution in [3.05, 3.63) is 66.0 Å². The highest BCUT2D eigenvalue weighted by atomic mass is 19.1. The van der Waals surface area contributed by atoms with Gasteiger partial charge in [0, 0.05) is 6.42 Å². The van der Waals surface area contributed by atoms with Crippen molar-refractivity contribution >= 4 is 5.91 Å². The van der Waals surface area contributed by atoms with Gasteiger partial charge in [-0.25, -0.2) is 4.39 Å². The molecule has 116 valence electrons. The average Bonchev–Trinajstić information content (AvgIpc) is 2.53. The summed E-state index contributed by atoms with van der Waals surface area (Å²) in [5, 5.41) is 2.89. The summed E-state index contributed by atoms with van der Waals surface area (Å²) >= 11 is 0. The number of para-hydroxylation sites is 1. The Balaban J connectivity index is 1.68. The standard InChI is InChI=1S/C18H20FNO2/c1-14(13-22-17-5-3-2-4-6-17)20-18(21)12-9-15-7-10-16(19)11-8-15/h2-8,10-11,14H,9,12-13H2,1H3,(H,20,21)/t14-/m0/s1. The molecule has 0 aliphatic carbocycles. The molecule has 0 saturated heterocycles. The monoisotopic (exact) mass is 301 g/mol. The van der Waals surface area contributed by atoms with Gasteiger partial charge in [-0.2, -0.15) is 0 Å². The highest BCUT2D eigenvalue weighted by Gasteiger charge is 2.08. The molecule has 0 aliphatic heterocycles. The maximum absolute atomic E-state index is 12.8. The molecule has 0 unspecified atom stereocenters. The first-order valence-electron chi connectivity index (χ1n) is 7.35. The molecular formula is C18H20FNO2. The van der Waals surface area contributed by atoms with Gasteiger partial charge in [0.25, 0.3) is 0 Å². The Morgan fingerprint density at radius 2 is 1.82 bits per heavy atom. The molecule has 2 aromatic carbocycles. The van der Waals surface area contributed by atoms with Gasteiger partial charge in [-0.15, -0.1) is 0 Å². The second-order valence-corrected chi connectivity index (χ2v) is 5.22. The van der Waals surface area contributed by atoms with Crippen LogP contribution >= 0.6 is 0 Å². The maximum Gasteiger partial charge on any atom is 0.220 e. The van der Waals surface area contributed by atoms with Gasteiger partial charge in [0.1, 0.15) is 18.2 Å². The third kappa shape index (κ3) is 5.56. The molecule has 0 aliphatic rings. The first-order chi connectivity index (χ1) is 10.6. The van der Waals surface area contributed by atoms with Crippen LogP contribution < -0.4 is 10.1 Å². The number of amides is 1. The Hall–Kier alpha value is -2.36. The first kappa shape index (κ1) is 16.0. The van der Waals surface area contributed by atoms with E-state index < -0.39 is 0 Å². The van der Waals surface area contributed by atoms with E-state index in [1.807, 2.05) is 37.3 Å². The lowest BCUT2D eigenvalue weighted by atomic mass is 10.1. The fraction of sp³-hybridized carbons (Fsp3) is 0.278. The van der Waals surface area contributed by atoms with Crippen LogP contribution in [0.3, 0.4) is 0 Å². The van der Waals surface area contributed by atoms with Gasteiger partial charge in [0.05, 0.1) is 6.04 Å². The van der Waals surface area contributed by atoms with E-state index >= 15 is 0 Å². The van der Waals surface area contributed by atoms with Crippen molar-refractivity contribution in [2.45, 2.75) is 25.8 Å². The zero-order valence-electron chi connectivity index (χ0n) is 12.6. The number of nitrogens with one attached hydrogen (secondary N) is 1. The Morgan fingerprint density at radius 1 is 1.14 bits per heavy atom. The van der Waals surface area contributed by atoms with E-state index in [0.717, 1.165) is 11.3 Å². The summed E-state index contributed by atoms with van der Waals surface area (Å²) in [6, 6.07) is 15.6. The van der Waals surface area contributed by atoms with E-state index in [9.17, 15) is 9.18 Å². The summed E-state index contributed by atoms with van der Waals surface area (Å²) in [6.07, 6.45) is 0.972. The minimum absolute atomic E-state index is 0.0338. The lowest BCUT2D eigenvalue weighted by Crippen LogP contribution is -2.36. The summed E-state index contributed by atoms with van der Waals surface area (Å²) in [5.41, 5.74) is 0.949. The number of hydrogen-bond donors (Lipinski definition) is 1. The third-order valence-electron chi connectivity index (χ3n) is 3.20. The Morgan fingerprint density at radius 3 is 2.50 bits per heavy atom. The number of carbonyl (C=O) groups excluding carboxylic acids is 1. The molecule has 0 heterocycles. The van der Waals surface area contributed by atoms with E-state index in [1.54, 1.807) is 12.1 Å². The van der Waals surface area contributed by atoms with Gasteiger partial charge >= 0.3 is 0 Å². The largest absolute Gasteiger partial charge is 0.491 e. The van der Waals surface area contributed by atoms with Crippen molar-refractivity contribution in [3.63, 3.8) is 0 Å². The fourth-order valence-electron chi connectivity index (χ4n) is 2.04. The third-order valence-corrected chi connectivity index (χ3v) is 3.20. The van der Waals surface area contributed by atoms with Crippen LogP contribution in [0, 0.1) is 5.82 Å². The van der Waals surface area contributed by atoms with Crippen LogP contribution in [0.15, 0.2) is 54.6 Å². The minimum atomic E-state index is -0.264. The number of carbonyl (C=O) groups is 1. The Kier molecular flexibility index (Phi) is 5.95. The summed E-state index contributed by atoms with van der Waals surface area (Å²) in [4.78, 5) is 11.9. The molecule has 1 N–H and O–H groups in total. The zero-order chi connectivity index (χ0) is 15.8. The first-order valence-corrected chi connectivity index (χ1v) is 7.35. The number of halogens is 1. The molecule has 0 radical (unpaired) electrons. The number of benzene rings is 2. The van der Waals surface area contributed by atoms with Crippen molar-refractivity contribution in [1.82, 2.24) is 5.32 Å². The van der Waals surface area contributed by atoms with Crippen LogP contribution in [-0.4, -0.2) is 18.6 Å². The van der Waals surface area contributed by atoms with E-state index in [4.69, 9.17) is 4.74 Å². The van der Waals surface area contributed by atoms with E-state index in [1.165, 1.54) is 12.1 Å². The van der Waals surface area contributed by atoms with Gasteiger partial charge in [-0.3, -0.25) is 4.79 Å². The zero-order valence-corrected chi connectivity index (χ0v) is 12.6. The van der Waals surface area contributed by atoms with Gasteiger partial charge < -0.3 is 10.1 Å². The molecule has 0 aromatic heterocycles. The van der Waals surface area contributed by atoms with Gasteiger partial charge in [0.15, 0.2) is 0 Å². The number of aryl methyl sites for hydroxylation is 1. The van der Waals surface area contributed by atoms with Gasteiger partial charge in [-0.05, 0) is 43.2 Å². The summed E-state index contributed by atoms with van der Waals surface area (Å²) in [6.45, 7) is 2.32. The molecule has 1 atom stereocenters. The molecule has 2 aromatic rings. The average molecular weight is 301 g/mol. The van der Waals surface area contributed by atoms with Crippen LogP contribution in [-0.2, 0) is 11.2 Å². The molecule has 0 fully saturated rings. The molecule has 22 heavy (non-hydrogen) atoms. The van der Waals surface area contributed by atoms with Crippen LogP contribution in [0.5, 0.6) is 5.75 Å². The van der Waals surface area contributed by atoms with Crippen molar-refractivity contribution in [1.29, 1.82) is 0 Å². The molecule has 4 heteroatoms. The van der Waals surface area contributed by atoms with E-state index in [0.29, 0.717) is 19.4 Å². The van der Waals surface area contributed by atoms with Crippen molar-refractivity contribution in [2.75, 3.05) is 6.61 Å². The summed E-state index contributed by atoms with van der Waals surface area (Å²) < 4.78 is 18.4. The van der Waals surface area contributed by atoms with Crippen LogP contribution in [0.25, 0.3) is 0 Å². The van der Waals surface area contributed by atoms with Crippen LogP contribution in [0.2, 0.25) is 0 Å². The lowest BCUT2D eigenvalue weighted by molar-refractivity contribution is -0.121. The molecule has 0 spiro atoms. The minimum Gasteiger partial charge on any atom is -0.491 e. The molecule has 1 amide bonds. The normalized spacial score (nSPS) is 11.7. The highest BCUT2D eigenvalue weighted by Crippen LogP contribution is 2.09. The van der Waals surface area contributed by atoms with E-state index in [2.05, 4.69) is 5.32 Å². The smallest absolute Gasteiger partial charge is 0.220 e. The predicted octanol–water partition coefficient (Wildman–Crippen LogP) is 3.34. The Bertz CT molecular complexity index is 584. The molecule has 2 rings (SSSR count). The topological polar surface area (TPSA) is 38.3 Å². The summed E-state index contributed by atoms with van der Waals surface area (Å²) in [7, 11) is 0. The number of rotatable bonds is 7. The fourth-order valence-corrected chi connectivity index (χ4v) is 2.04. The molecule has 0 bridgehead atoms. The van der Waals surface area contributed by atoms with Crippen molar-refractivity contribution < 1.29 is 13.9 Å². The van der Waals surface area contributed by atoms with Crippen molar-refractivity contribution in [3.8, 4) is 5.75 Å². The highest BCUT2D eigenvalue weighted by molar-refractivity contribution is 5.76. The quantitative estimate of drug-likeness (QED) is 0.852. The maximum atomic E-state index is 12.8. The predicted molar refractivity (Wildman–Crippen MR) is 84.3 cm³/mol.